The van der Waals surface area contributed by atoms with Crippen molar-refractivity contribution in [1.29, 1.82) is 0 Å². The summed E-state index contributed by atoms with van der Waals surface area (Å²) in [5, 5.41) is 3.63. The average Bonchev–Trinajstić information content (AvgIpc) is 2.14. The molecule has 4 heteroatoms. The maximum absolute atomic E-state index is 5.23. The molecule has 0 amide bonds. The summed E-state index contributed by atoms with van der Waals surface area (Å²) in [5.41, 5.74) is 6.11. The van der Waals surface area contributed by atoms with Gasteiger partial charge in [0.1, 0.15) is 0 Å². The van der Waals surface area contributed by atoms with Crippen LogP contribution in [-0.4, -0.2) is 5.16 Å². The van der Waals surface area contributed by atoms with E-state index in [1.165, 1.54) is 0 Å². The first kappa shape index (κ1) is 8.46. The highest BCUT2D eigenvalue weighted by Gasteiger charge is 1.93. The average molecular weight is 149 g/mol. The van der Waals surface area contributed by atoms with Gasteiger partial charge in [-0.25, -0.2) is 0 Å². The van der Waals surface area contributed by atoms with Crippen molar-refractivity contribution in [1.82, 2.24) is 5.16 Å². The molecule has 2 N–H and O–H groups in total. The third kappa shape index (κ3) is 2.03. The molecule has 0 fully saturated rings. The van der Waals surface area contributed by atoms with Gasteiger partial charge in [0.25, 0.3) is 0 Å². The maximum Gasteiger partial charge on any atom is 0.150 e. The predicted octanol–water partition coefficient (Wildman–Crippen LogP) is 0.864. The second-order valence-electron chi connectivity index (χ2n) is 1.64. The maximum atomic E-state index is 5.23. The molecule has 0 atom stereocenters. The summed E-state index contributed by atoms with van der Waals surface area (Å²) < 4.78 is 4.74. The number of aryl methyl sites for hydroxylation is 1. The van der Waals surface area contributed by atoms with Crippen molar-refractivity contribution in [3.63, 3.8) is 0 Å². The molecular weight excluding hydrogens is 140 g/mol. The molecule has 0 saturated carbocycles. The highest BCUT2D eigenvalue weighted by atomic mass is 35.5. The van der Waals surface area contributed by atoms with E-state index in [0.717, 1.165) is 11.5 Å². The Hall–Kier alpha value is -0.540. The molecule has 0 radical (unpaired) electrons. The fourth-order valence-electron chi connectivity index (χ4n) is 0.513. The Labute approximate surface area is 59.6 Å². The Morgan fingerprint density at radius 1 is 1.78 bits per heavy atom. The third-order valence-corrected chi connectivity index (χ3v) is 0.878. The smallest absolute Gasteiger partial charge is 0.150 e. The molecule has 1 aromatic rings. The van der Waals surface area contributed by atoms with Gasteiger partial charge in [-0.2, -0.15) is 0 Å². The Morgan fingerprint density at radius 3 is 2.67 bits per heavy atom. The van der Waals surface area contributed by atoms with Gasteiger partial charge in [0.15, 0.2) is 5.76 Å². The molecule has 1 heterocycles. The molecule has 0 aliphatic heterocycles. The molecule has 0 spiro atoms. The van der Waals surface area contributed by atoms with E-state index >= 15 is 0 Å². The summed E-state index contributed by atoms with van der Waals surface area (Å²) in [4.78, 5) is 0. The Balaban J connectivity index is 0.000000640. The molecule has 0 unspecified atom stereocenters. The fraction of sp³-hybridized carbons (Fsp3) is 0.400. The molecule has 0 aliphatic rings. The van der Waals surface area contributed by atoms with E-state index in [9.17, 15) is 0 Å². The van der Waals surface area contributed by atoms with Crippen molar-refractivity contribution in [2.45, 2.75) is 13.5 Å². The number of nitrogens with two attached hydrogens (primary N) is 1. The van der Waals surface area contributed by atoms with Gasteiger partial charge in [-0.1, -0.05) is 5.16 Å². The minimum Gasteiger partial charge on any atom is -0.360 e. The molecule has 9 heavy (non-hydrogen) atoms. The van der Waals surface area contributed by atoms with Crippen molar-refractivity contribution in [3.8, 4) is 0 Å². The van der Waals surface area contributed by atoms with Crippen LogP contribution in [0.2, 0.25) is 0 Å². The van der Waals surface area contributed by atoms with Crippen LogP contribution in [0.4, 0.5) is 0 Å². The largest absolute Gasteiger partial charge is 0.360 e. The van der Waals surface area contributed by atoms with Gasteiger partial charge in [-0.3, -0.25) is 0 Å². The van der Waals surface area contributed by atoms with Gasteiger partial charge in [-0.05, 0) is 6.92 Å². The Morgan fingerprint density at radius 2 is 2.44 bits per heavy atom. The van der Waals surface area contributed by atoms with Crippen molar-refractivity contribution < 1.29 is 4.52 Å². The second kappa shape index (κ2) is 3.48. The van der Waals surface area contributed by atoms with Gasteiger partial charge >= 0.3 is 0 Å². The SMILES string of the molecule is Cc1cc(CN)on1.Cl. The van der Waals surface area contributed by atoms with Crippen molar-refractivity contribution in [2.75, 3.05) is 0 Å². The van der Waals surface area contributed by atoms with Crippen LogP contribution in [0.15, 0.2) is 10.6 Å². The van der Waals surface area contributed by atoms with Crippen LogP contribution in [0.5, 0.6) is 0 Å². The van der Waals surface area contributed by atoms with Gasteiger partial charge in [0.2, 0.25) is 0 Å². The first-order valence-corrected chi connectivity index (χ1v) is 2.45. The summed E-state index contributed by atoms with van der Waals surface area (Å²) in [5.74, 6) is 0.738. The Bertz CT molecular complexity index is 175. The number of rotatable bonds is 1. The van der Waals surface area contributed by atoms with Crippen LogP contribution < -0.4 is 5.73 Å². The number of halogens is 1. The van der Waals surface area contributed by atoms with E-state index in [1.807, 2.05) is 13.0 Å². The van der Waals surface area contributed by atoms with Crippen molar-refractivity contribution in [2.24, 2.45) is 5.73 Å². The van der Waals surface area contributed by atoms with Crippen LogP contribution in [0.3, 0.4) is 0 Å². The Kier molecular flexibility index (Phi) is 3.27. The van der Waals surface area contributed by atoms with Gasteiger partial charge < -0.3 is 10.3 Å². The predicted molar refractivity (Wildman–Crippen MR) is 36.4 cm³/mol. The topological polar surface area (TPSA) is 52.0 Å². The highest BCUT2D eigenvalue weighted by molar-refractivity contribution is 5.85. The van der Waals surface area contributed by atoms with Gasteiger partial charge in [-0.15, -0.1) is 12.4 Å². The van der Waals surface area contributed by atoms with Crippen LogP contribution in [-0.2, 0) is 6.54 Å². The lowest BCUT2D eigenvalue weighted by Crippen LogP contribution is -1.92. The first-order chi connectivity index (χ1) is 3.83. The molecule has 3 nitrogen and oxygen atoms in total. The summed E-state index contributed by atoms with van der Waals surface area (Å²) in [7, 11) is 0. The van der Waals surface area contributed by atoms with Crippen molar-refractivity contribution >= 4 is 12.4 Å². The monoisotopic (exact) mass is 148 g/mol. The van der Waals surface area contributed by atoms with E-state index < -0.39 is 0 Å². The van der Waals surface area contributed by atoms with E-state index in [4.69, 9.17) is 10.3 Å². The summed E-state index contributed by atoms with van der Waals surface area (Å²) >= 11 is 0. The summed E-state index contributed by atoms with van der Waals surface area (Å²) in [6, 6.07) is 1.82. The molecule has 1 rings (SSSR count). The van der Waals surface area contributed by atoms with Crippen LogP contribution in [0.25, 0.3) is 0 Å². The minimum atomic E-state index is 0. The van der Waals surface area contributed by atoms with Crippen LogP contribution in [0, 0.1) is 6.92 Å². The quantitative estimate of drug-likeness (QED) is 0.643. The molecule has 52 valence electrons. The van der Waals surface area contributed by atoms with Gasteiger partial charge in [0, 0.05) is 6.07 Å². The van der Waals surface area contributed by atoms with Gasteiger partial charge in [0.05, 0.1) is 12.2 Å². The molecule has 1 aromatic heterocycles. The molecule has 0 aliphatic carbocycles. The highest BCUT2D eigenvalue weighted by Crippen LogP contribution is 1.98. The third-order valence-electron chi connectivity index (χ3n) is 0.878. The number of aromatic nitrogens is 1. The van der Waals surface area contributed by atoms with E-state index in [-0.39, 0.29) is 12.4 Å². The van der Waals surface area contributed by atoms with Crippen LogP contribution in [0.1, 0.15) is 11.5 Å². The lowest BCUT2D eigenvalue weighted by Gasteiger charge is -1.77. The lowest BCUT2D eigenvalue weighted by molar-refractivity contribution is 0.381. The van der Waals surface area contributed by atoms with E-state index in [2.05, 4.69) is 5.16 Å². The second-order valence-corrected chi connectivity index (χ2v) is 1.64. The zero-order chi connectivity index (χ0) is 5.98. The zero-order valence-corrected chi connectivity index (χ0v) is 5.94. The van der Waals surface area contributed by atoms with Crippen LogP contribution >= 0.6 is 12.4 Å². The minimum absolute atomic E-state index is 0. The van der Waals surface area contributed by atoms with E-state index in [1.54, 1.807) is 0 Å². The fourth-order valence-corrected chi connectivity index (χ4v) is 0.513. The van der Waals surface area contributed by atoms with Crippen molar-refractivity contribution in [3.05, 3.63) is 17.5 Å². The summed E-state index contributed by atoms with van der Waals surface area (Å²) in [6.45, 7) is 2.30. The number of nitrogens with zero attached hydrogens (tertiary/aromatic N) is 1. The zero-order valence-electron chi connectivity index (χ0n) is 5.13. The number of hydrogen-bond donors (Lipinski definition) is 1. The summed E-state index contributed by atoms with van der Waals surface area (Å²) in [6.07, 6.45) is 0. The molecule has 0 bridgehead atoms. The standard InChI is InChI=1S/C5H8N2O.ClH/c1-4-2-5(3-6)8-7-4;/h2H,3,6H2,1H3;1H. The molecule has 0 aromatic carbocycles. The molecular formula is C5H9ClN2O. The lowest BCUT2D eigenvalue weighted by atomic mass is 10.4. The van der Waals surface area contributed by atoms with E-state index in [0.29, 0.717) is 6.54 Å². The molecule has 0 saturated heterocycles. The first-order valence-electron chi connectivity index (χ1n) is 2.45. The normalized spacial score (nSPS) is 8.67. The number of hydrogen-bond acceptors (Lipinski definition) is 3.